The molecule has 2 unspecified atom stereocenters. The molecule has 1 aromatic carbocycles. The predicted octanol–water partition coefficient (Wildman–Crippen LogP) is 9.73. The zero-order valence-electron chi connectivity index (χ0n) is 23.1. The molecule has 0 amide bonds. The van der Waals surface area contributed by atoms with Gasteiger partial charge in [0.25, 0.3) is 0 Å². The molecule has 0 spiro atoms. The van der Waals surface area contributed by atoms with Crippen LogP contribution in [0.15, 0.2) is 24.3 Å². The fraction of sp³-hybridized carbons (Fsp3) is 0.824. The largest absolute Gasteiger partial charge is 0.0677 e. The second-order valence-corrected chi connectivity index (χ2v) is 19.1. The van der Waals surface area contributed by atoms with Crippen LogP contribution in [0.5, 0.6) is 0 Å². The summed E-state index contributed by atoms with van der Waals surface area (Å²) < 4.78 is 0. The standard InChI is InChI=1S/C34H52P2/c1-2-14-27(13-1)33(28-15-3-4-16-28)23-11-25-35(33)31-21-9-10-22-32(31)36-26-12-24-34(36,29-17-5-6-18-29)30-19-7-8-20-30/h9-10,21-22,27-30H,1-8,11-20,23-26H2. The van der Waals surface area contributed by atoms with Crippen molar-refractivity contribution in [3.05, 3.63) is 24.3 Å². The smallest absolute Gasteiger partial charge is 0.000242 e. The van der Waals surface area contributed by atoms with Crippen molar-refractivity contribution in [1.82, 2.24) is 0 Å². The Morgan fingerprint density at radius 2 is 0.750 bits per heavy atom. The molecule has 4 saturated carbocycles. The molecule has 36 heavy (non-hydrogen) atoms. The van der Waals surface area contributed by atoms with Crippen molar-refractivity contribution >= 4 is 26.5 Å². The minimum Gasteiger partial charge on any atom is -0.0677 e. The van der Waals surface area contributed by atoms with Crippen molar-refractivity contribution in [2.45, 2.75) is 139 Å². The van der Waals surface area contributed by atoms with Crippen LogP contribution >= 0.6 is 15.8 Å². The first-order valence-corrected chi connectivity index (χ1v) is 19.5. The summed E-state index contributed by atoms with van der Waals surface area (Å²) in [4.78, 5) is 0. The predicted molar refractivity (Wildman–Crippen MR) is 161 cm³/mol. The van der Waals surface area contributed by atoms with Crippen LogP contribution in [-0.2, 0) is 0 Å². The summed E-state index contributed by atoms with van der Waals surface area (Å²) in [5.74, 6) is 4.25. The van der Waals surface area contributed by atoms with Crippen LogP contribution in [0, 0.1) is 23.7 Å². The first-order valence-electron chi connectivity index (χ1n) is 16.5. The SMILES string of the molecule is c1ccc(P2CCCC2(C2CCCC2)C2CCCC2)c(P2CCCC2(C2CCCC2)C2CCCC2)c1. The van der Waals surface area contributed by atoms with Gasteiger partial charge in [-0.2, -0.15) is 0 Å². The molecule has 0 N–H and O–H groups in total. The lowest BCUT2D eigenvalue weighted by Gasteiger charge is -2.50. The summed E-state index contributed by atoms with van der Waals surface area (Å²) in [7, 11) is 0.00708. The summed E-state index contributed by atoms with van der Waals surface area (Å²) in [5.41, 5.74) is 0. The molecule has 2 atom stereocenters. The van der Waals surface area contributed by atoms with Crippen LogP contribution in [0.3, 0.4) is 0 Å². The van der Waals surface area contributed by atoms with E-state index in [0.29, 0.717) is 0 Å². The lowest BCUT2D eigenvalue weighted by molar-refractivity contribution is 0.260. The van der Waals surface area contributed by atoms with Crippen molar-refractivity contribution in [3.8, 4) is 0 Å². The molecule has 1 aromatic rings. The van der Waals surface area contributed by atoms with Crippen molar-refractivity contribution in [2.24, 2.45) is 23.7 Å². The van der Waals surface area contributed by atoms with Gasteiger partial charge in [-0.25, -0.2) is 0 Å². The third-order valence-electron chi connectivity index (χ3n) is 12.6. The van der Waals surface area contributed by atoms with Crippen LogP contribution in [-0.4, -0.2) is 22.6 Å². The second kappa shape index (κ2) is 10.6. The highest BCUT2D eigenvalue weighted by molar-refractivity contribution is 7.73. The highest BCUT2D eigenvalue weighted by Gasteiger charge is 2.57. The molecule has 2 heterocycles. The Labute approximate surface area is 225 Å². The van der Waals surface area contributed by atoms with Crippen LogP contribution in [0.1, 0.15) is 128 Å². The van der Waals surface area contributed by atoms with Gasteiger partial charge in [0.1, 0.15) is 0 Å². The molecule has 2 heteroatoms. The maximum atomic E-state index is 2.74. The maximum absolute atomic E-state index is 2.74. The van der Waals surface area contributed by atoms with E-state index in [9.17, 15) is 0 Å². The first-order chi connectivity index (χ1) is 17.8. The second-order valence-electron chi connectivity index (χ2n) is 13.9. The summed E-state index contributed by atoms with van der Waals surface area (Å²) in [6.45, 7) is 0. The van der Waals surface area contributed by atoms with Crippen LogP contribution in [0.2, 0.25) is 0 Å². The molecular weight excluding hydrogens is 470 g/mol. The van der Waals surface area contributed by atoms with E-state index in [4.69, 9.17) is 0 Å². The molecule has 198 valence electrons. The van der Waals surface area contributed by atoms with Gasteiger partial charge in [-0.3, -0.25) is 0 Å². The highest BCUT2D eigenvalue weighted by atomic mass is 31.1. The highest BCUT2D eigenvalue weighted by Crippen LogP contribution is 2.72. The number of rotatable bonds is 6. The average molecular weight is 523 g/mol. The molecule has 6 fully saturated rings. The van der Waals surface area contributed by atoms with E-state index in [2.05, 4.69) is 24.3 Å². The Morgan fingerprint density at radius 3 is 1.06 bits per heavy atom. The Kier molecular flexibility index (Phi) is 7.36. The van der Waals surface area contributed by atoms with Crippen LogP contribution < -0.4 is 10.6 Å². The van der Waals surface area contributed by atoms with Gasteiger partial charge in [-0.15, -0.1) is 0 Å². The van der Waals surface area contributed by atoms with Crippen molar-refractivity contribution in [2.75, 3.05) is 12.3 Å². The Morgan fingerprint density at radius 1 is 0.444 bits per heavy atom. The number of hydrogen-bond donors (Lipinski definition) is 0. The summed E-state index contributed by atoms with van der Waals surface area (Å²) in [6.07, 6.45) is 34.2. The molecule has 2 aliphatic heterocycles. The molecule has 0 nitrogen and oxygen atoms in total. The number of hydrogen-bond acceptors (Lipinski definition) is 0. The third kappa shape index (κ3) is 3.96. The van der Waals surface area contributed by atoms with E-state index in [1.165, 1.54) is 51.4 Å². The maximum Gasteiger partial charge on any atom is 0.000242 e. The minimum atomic E-state index is 0.00354. The van der Waals surface area contributed by atoms with E-state index >= 15 is 0 Å². The normalized spacial score (nSPS) is 33.9. The van der Waals surface area contributed by atoms with Crippen LogP contribution in [0.25, 0.3) is 0 Å². The van der Waals surface area contributed by atoms with Gasteiger partial charge in [0.2, 0.25) is 0 Å². The molecule has 7 rings (SSSR count). The average Bonchev–Trinajstić information content (AvgIpc) is 3.75. The van der Waals surface area contributed by atoms with E-state index < -0.39 is 0 Å². The number of benzene rings is 1. The van der Waals surface area contributed by atoms with Crippen LogP contribution in [0.4, 0.5) is 0 Å². The van der Waals surface area contributed by atoms with E-state index in [1.54, 1.807) is 89.4 Å². The van der Waals surface area contributed by atoms with Gasteiger partial charge < -0.3 is 0 Å². The fourth-order valence-corrected chi connectivity index (χ4v) is 20.2. The summed E-state index contributed by atoms with van der Waals surface area (Å²) in [5, 5.41) is 5.41. The van der Waals surface area contributed by atoms with Gasteiger partial charge in [-0.05, 0) is 124 Å². The quantitative estimate of drug-likeness (QED) is 0.326. The molecule has 4 aliphatic carbocycles. The molecular formula is C34H52P2. The molecule has 0 radical (unpaired) electrons. The molecule has 0 aromatic heterocycles. The zero-order valence-corrected chi connectivity index (χ0v) is 24.9. The van der Waals surface area contributed by atoms with Gasteiger partial charge in [0.15, 0.2) is 0 Å². The summed E-state index contributed by atoms with van der Waals surface area (Å²) in [6, 6.07) is 10.4. The Balaban J connectivity index is 1.32. The Bertz CT molecular complexity index is 777. The van der Waals surface area contributed by atoms with E-state index in [1.807, 2.05) is 10.6 Å². The lowest BCUT2D eigenvalue weighted by atomic mass is 9.76. The monoisotopic (exact) mass is 522 g/mol. The van der Waals surface area contributed by atoms with Gasteiger partial charge >= 0.3 is 0 Å². The summed E-state index contributed by atoms with van der Waals surface area (Å²) >= 11 is 0. The molecule has 2 saturated heterocycles. The lowest BCUT2D eigenvalue weighted by Crippen LogP contribution is -2.46. The molecule has 6 aliphatic rings. The van der Waals surface area contributed by atoms with E-state index in [-0.39, 0.29) is 15.8 Å². The van der Waals surface area contributed by atoms with Crippen molar-refractivity contribution in [3.63, 3.8) is 0 Å². The van der Waals surface area contributed by atoms with Crippen molar-refractivity contribution in [1.29, 1.82) is 0 Å². The minimum absolute atomic E-state index is 0.00354. The van der Waals surface area contributed by atoms with Gasteiger partial charge in [-0.1, -0.05) is 91.5 Å². The Hall–Kier alpha value is 0.0800. The topological polar surface area (TPSA) is 0 Å². The van der Waals surface area contributed by atoms with Crippen molar-refractivity contribution < 1.29 is 0 Å². The molecule has 0 bridgehead atoms. The first kappa shape index (κ1) is 25.1. The van der Waals surface area contributed by atoms with Gasteiger partial charge in [0, 0.05) is 10.3 Å². The fourth-order valence-electron chi connectivity index (χ4n) is 11.4. The van der Waals surface area contributed by atoms with Gasteiger partial charge in [0.05, 0.1) is 0 Å². The third-order valence-corrected chi connectivity index (χ3v) is 20.2. The van der Waals surface area contributed by atoms with E-state index in [0.717, 1.165) is 34.0 Å². The zero-order chi connectivity index (χ0) is 24.0.